The molecular weight excluding hydrogens is 953 g/mol. The summed E-state index contributed by atoms with van der Waals surface area (Å²) in [6, 6.07) is 25.5. The van der Waals surface area contributed by atoms with Gasteiger partial charge in [-0.1, -0.05) is 35.4 Å². The van der Waals surface area contributed by atoms with Crippen LogP contribution in [0.4, 0.5) is 11.5 Å². The average molecular weight is 990 g/mol. The summed E-state index contributed by atoms with van der Waals surface area (Å²) < 4.78 is 14.7. The Morgan fingerprint density at radius 3 is 2.49 bits per heavy atom. The molecule has 63 heavy (non-hydrogen) atoms. The van der Waals surface area contributed by atoms with Crippen LogP contribution in [0.25, 0.3) is 43.2 Å². The molecule has 4 aromatic carbocycles. The molecule has 11 rings (SSSR count). The first-order chi connectivity index (χ1) is 30.3. The first-order valence-electron chi connectivity index (χ1n) is 20.5. The Balaban J connectivity index is 0.983. The number of allylic oxidation sites excluding steroid dienone is 2. The van der Waals surface area contributed by atoms with Crippen molar-refractivity contribution in [2.75, 3.05) is 16.9 Å². The van der Waals surface area contributed by atoms with Gasteiger partial charge in [-0.25, -0.2) is 9.88 Å². The number of anilines is 2. The molecule has 0 spiro atoms. The molecule has 4 aliphatic rings. The number of ether oxygens (including phenoxy) is 1. The van der Waals surface area contributed by atoms with Crippen LogP contribution in [0.2, 0.25) is 5.02 Å². The van der Waals surface area contributed by atoms with Crippen molar-refractivity contribution < 1.29 is 33.4 Å². The van der Waals surface area contributed by atoms with Crippen LogP contribution in [0.15, 0.2) is 101 Å². The third kappa shape index (κ3) is 5.76. The number of thiophene rings is 1. The topological polar surface area (TPSA) is 148 Å². The lowest BCUT2D eigenvalue weighted by atomic mass is 9.51. The number of benzene rings is 4. The number of nitrogens with zero attached hydrogens (tertiary/aromatic N) is 5. The average Bonchev–Trinajstić information content (AvgIpc) is 4.06. The molecule has 2 aliphatic heterocycles. The van der Waals surface area contributed by atoms with Crippen molar-refractivity contribution in [1.29, 1.82) is 0 Å². The molecule has 4 amide bonds. The summed E-state index contributed by atoms with van der Waals surface area (Å²) in [5.74, 6) is -4.07. The molecule has 2 saturated heterocycles. The Bertz CT molecular complexity index is 3160. The fraction of sp³-hybridized carbons (Fsp3) is 0.250. The number of carbonyl (C=O) groups is 4. The minimum Gasteiger partial charge on any atom is -0.504 e. The van der Waals surface area contributed by atoms with Gasteiger partial charge in [0.15, 0.2) is 17.1 Å². The lowest BCUT2D eigenvalue weighted by Crippen LogP contribution is -2.49. The smallest absolute Gasteiger partial charge is 0.242 e. The number of rotatable bonds is 6. The maximum atomic E-state index is 15.3. The van der Waals surface area contributed by atoms with Crippen LogP contribution >= 0.6 is 45.5 Å². The van der Waals surface area contributed by atoms with Gasteiger partial charge in [0.25, 0.3) is 0 Å². The zero-order valence-electron chi connectivity index (χ0n) is 34.3. The summed E-state index contributed by atoms with van der Waals surface area (Å²) in [6.07, 6.45) is 2.46. The number of methoxy groups -OCH3 is 1. The number of fused-ring (bicyclic) bond motifs is 6. The predicted molar refractivity (Wildman–Crippen MR) is 248 cm³/mol. The second kappa shape index (κ2) is 14.3. The molecule has 6 atom stereocenters. The van der Waals surface area contributed by atoms with E-state index in [1.165, 1.54) is 16.9 Å². The lowest BCUT2D eigenvalue weighted by molar-refractivity contribution is -0.131. The van der Waals surface area contributed by atoms with Gasteiger partial charge in [0.1, 0.15) is 17.0 Å². The van der Waals surface area contributed by atoms with Crippen LogP contribution in [-0.2, 0) is 26.2 Å². The maximum absolute atomic E-state index is 15.3. The number of oxazole rings is 1. The van der Waals surface area contributed by atoms with Crippen molar-refractivity contribution in [2.45, 2.75) is 32.6 Å². The van der Waals surface area contributed by atoms with Crippen LogP contribution in [0, 0.1) is 39.6 Å². The van der Waals surface area contributed by atoms with Gasteiger partial charge in [0, 0.05) is 34.3 Å². The van der Waals surface area contributed by atoms with Crippen molar-refractivity contribution in [1.82, 2.24) is 14.8 Å². The SMILES string of the molecule is COc1cc(C2C3=CCC4C(=O)N(c5ccc(-c6nc7ccccc7o6)cc5)C(=O)C4C3CC3C(=O)N(c4cc(-c5sc6ccc(Cl)cc6c5C)nn4C)C(=O)C32C)cc(I)c1O. The van der Waals surface area contributed by atoms with Crippen LogP contribution in [0.5, 0.6) is 11.5 Å². The number of phenolic OH excluding ortho intramolecular Hbond substituents is 1. The summed E-state index contributed by atoms with van der Waals surface area (Å²) in [7, 11) is 3.18. The summed E-state index contributed by atoms with van der Waals surface area (Å²) >= 11 is 9.95. The quantitative estimate of drug-likeness (QED) is 0.0977. The highest BCUT2D eigenvalue weighted by Gasteiger charge is 2.68. The first-order valence-corrected chi connectivity index (χ1v) is 22.8. The van der Waals surface area contributed by atoms with Crippen molar-refractivity contribution in [2.24, 2.45) is 36.1 Å². The van der Waals surface area contributed by atoms with Crippen molar-refractivity contribution in [3.05, 3.63) is 116 Å². The molecule has 0 radical (unpaired) electrons. The number of amides is 4. The van der Waals surface area contributed by atoms with E-state index in [-0.39, 0.29) is 36.2 Å². The van der Waals surface area contributed by atoms with E-state index in [2.05, 4.69) is 4.98 Å². The first kappa shape index (κ1) is 40.0. The van der Waals surface area contributed by atoms with Gasteiger partial charge in [-0.3, -0.25) is 28.8 Å². The molecule has 3 aromatic heterocycles. The molecule has 3 fully saturated rings. The molecule has 2 aliphatic carbocycles. The molecule has 316 valence electrons. The van der Waals surface area contributed by atoms with Crippen LogP contribution < -0.4 is 14.5 Å². The summed E-state index contributed by atoms with van der Waals surface area (Å²) in [5, 5.41) is 17.4. The highest BCUT2D eigenvalue weighted by Crippen LogP contribution is 2.64. The molecule has 6 unspecified atom stereocenters. The van der Waals surface area contributed by atoms with E-state index in [4.69, 9.17) is 25.9 Å². The maximum Gasteiger partial charge on any atom is 0.242 e. The van der Waals surface area contributed by atoms with Gasteiger partial charge in [-0.05, 0) is 138 Å². The van der Waals surface area contributed by atoms with Gasteiger partial charge in [0.05, 0.1) is 44.4 Å². The second-order valence-corrected chi connectivity index (χ2v) is 19.6. The number of carbonyl (C=O) groups excluding carboxylic acids is 4. The van der Waals surface area contributed by atoms with Crippen LogP contribution in [-0.4, -0.2) is 50.6 Å². The Hall–Kier alpha value is -5.84. The Morgan fingerprint density at radius 2 is 1.73 bits per heavy atom. The van der Waals surface area contributed by atoms with Crippen molar-refractivity contribution in [3.8, 4) is 33.5 Å². The fourth-order valence-electron chi connectivity index (χ4n) is 10.7. The summed E-state index contributed by atoms with van der Waals surface area (Å²) in [5.41, 5.74) is 4.27. The van der Waals surface area contributed by atoms with E-state index >= 15 is 9.59 Å². The number of halogens is 2. The number of imide groups is 2. The minimum absolute atomic E-state index is 0.0420. The number of aryl methyl sites for hydroxylation is 2. The van der Waals surface area contributed by atoms with E-state index in [1.807, 2.05) is 91.0 Å². The van der Waals surface area contributed by atoms with E-state index in [0.29, 0.717) is 48.4 Å². The molecule has 0 bridgehead atoms. The third-order valence-electron chi connectivity index (χ3n) is 13.8. The highest BCUT2D eigenvalue weighted by molar-refractivity contribution is 14.1. The van der Waals surface area contributed by atoms with E-state index in [9.17, 15) is 14.7 Å². The summed E-state index contributed by atoms with van der Waals surface area (Å²) in [6.45, 7) is 3.84. The van der Waals surface area contributed by atoms with E-state index in [1.54, 1.807) is 59.5 Å². The van der Waals surface area contributed by atoms with E-state index < -0.39 is 46.8 Å². The van der Waals surface area contributed by atoms with Gasteiger partial charge >= 0.3 is 0 Å². The normalized spacial score (nSPS) is 24.3. The zero-order valence-corrected chi connectivity index (χ0v) is 38.0. The van der Waals surface area contributed by atoms with Gasteiger partial charge < -0.3 is 14.3 Å². The zero-order chi connectivity index (χ0) is 43.8. The van der Waals surface area contributed by atoms with Crippen molar-refractivity contribution >= 4 is 102 Å². The molecule has 1 N–H and O–H groups in total. The standard InChI is InChI=1S/C48H37ClIN5O7S/c1-22-29-19-25(49)11-16-37(29)63-42(22)34-21-38(53(3)52-34)55-45(58)31-20-30-27(40(48(31,2)47(55)60)24-17-32(50)41(56)36(18-24)61-4)14-15-28-39(30)46(59)54(44(28)57)26-12-9-23(10-13-26)43-51-33-7-5-6-8-35(33)62-43/h5-14,16-19,21,28,30-31,39-40,56H,15,20H2,1-4H3. The monoisotopic (exact) mass is 989 g/mol. The molecule has 5 heterocycles. The molecule has 1 saturated carbocycles. The molecule has 7 aromatic rings. The van der Waals surface area contributed by atoms with Gasteiger partial charge in [-0.15, -0.1) is 11.3 Å². The largest absolute Gasteiger partial charge is 0.504 e. The van der Waals surface area contributed by atoms with E-state index in [0.717, 1.165) is 31.6 Å². The highest BCUT2D eigenvalue weighted by atomic mass is 127. The Labute approximate surface area is 383 Å². The number of para-hydroxylation sites is 2. The van der Waals surface area contributed by atoms with Crippen LogP contribution in [0.3, 0.4) is 0 Å². The van der Waals surface area contributed by atoms with Crippen LogP contribution in [0.1, 0.15) is 36.8 Å². The molecule has 12 nitrogen and oxygen atoms in total. The van der Waals surface area contributed by atoms with Crippen molar-refractivity contribution in [3.63, 3.8) is 0 Å². The number of aromatic hydroxyl groups is 1. The fourth-order valence-corrected chi connectivity index (χ4v) is 12.7. The number of hydrogen-bond acceptors (Lipinski definition) is 10. The minimum atomic E-state index is -1.32. The van der Waals surface area contributed by atoms with Gasteiger partial charge in [-0.2, -0.15) is 5.10 Å². The number of phenols is 1. The number of aromatic nitrogens is 3. The molecular formula is C48H37ClIN5O7S. The van der Waals surface area contributed by atoms with Gasteiger partial charge in [0.2, 0.25) is 29.5 Å². The Kier molecular flexibility index (Phi) is 9.10. The lowest BCUT2D eigenvalue weighted by Gasteiger charge is -2.49. The number of hydrogen-bond donors (Lipinski definition) is 1. The second-order valence-electron chi connectivity index (χ2n) is 17.0. The summed E-state index contributed by atoms with van der Waals surface area (Å²) in [4.78, 5) is 67.7. The predicted octanol–water partition coefficient (Wildman–Crippen LogP) is 9.83. The Morgan fingerprint density at radius 1 is 0.952 bits per heavy atom. The molecule has 15 heteroatoms. The third-order valence-corrected chi connectivity index (χ3v) is 16.1.